The third-order valence-corrected chi connectivity index (χ3v) is 3.81. The number of hydrogen-bond donors (Lipinski definition) is 2. The van der Waals surface area contributed by atoms with Crippen molar-refractivity contribution < 1.29 is 4.79 Å². The van der Waals surface area contributed by atoms with Crippen molar-refractivity contribution in [3.8, 4) is 0 Å². The number of aromatic nitrogens is 1. The second-order valence-corrected chi connectivity index (χ2v) is 5.38. The Hall–Kier alpha value is -1.20. The van der Waals surface area contributed by atoms with Gasteiger partial charge >= 0.3 is 0 Å². The van der Waals surface area contributed by atoms with Gasteiger partial charge in [-0.15, -0.1) is 0 Å². The topological polar surface area (TPSA) is 57.3 Å². The molecule has 1 saturated heterocycles. The molecule has 20 heavy (non-hydrogen) atoms. The van der Waals surface area contributed by atoms with Crippen molar-refractivity contribution in [1.29, 1.82) is 0 Å². The molecule has 7 heteroatoms. The minimum atomic E-state index is -0.246. The third kappa shape index (κ3) is 2.94. The van der Waals surface area contributed by atoms with E-state index in [1.54, 1.807) is 6.07 Å². The van der Waals surface area contributed by atoms with Gasteiger partial charge in [-0.05, 0) is 19.4 Å². The van der Waals surface area contributed by atoms with E-state index in [2.05, 4.69) is 15.6 Å². The Morgan fingerprint density at radius 3 is 2.85 bits per heavy atom. The van der Waals surface area contributed by atoms with E-state index in [0.717, 1.165) is 0 Å². The van der Waals surface area contributed by atoms with Crippen LogP contribution in [-0.2, 0) is 4.79 Å². The zero-order valence-electron chi connectivity index (χ0n) is 11.5. The number of pyridine rings is 1. The number of halogens is 2. The highest BCUT2D eigenvalue weighted by atomic mass is 35.5. The van der Waals surface area contributed by atoms with Crippen LogP contribution >= 0.6 is 23.2 Å². The van der Waals surface area contributed by atoms with Crippen LogP contribution in [0, 0.1) is 0 Å². The first-order chi connectivity index (χ1) is 9.58. The number of anilines is 2. The van der Waals surface area contributed by atoms with Crippen molar-refractivity contribution >= 4 is 40.7 Å². The maximum Gasteiger partial charge on any atom is 0.242 e. The van der Waals surface area contributed by atoms with Crippen molar-refractivity contribution in [2.45, 2.75) is 26.3 Å². The SMILES string of the molecule is CCNc1nc(N2CCNC(=O)C2CC)c(Cl)cc1Cl. The summed E-state index contributed by atoms with van der Waals surface area (Å²) < 4.78 is 0. The number of amides is 1. The molecule has 0 saturated carbocycles. The maximum absolute atomic E-state index is 11.9. The summed E-state index contributed by atoms with van der Waals surface area (Å²) in [7, 11) is 0. The molecule has 2 rings (SSSR count). The van der Waals surface area contributed by atoms with Crippen LogP contribution in [0.3, 0.4) is 0 Å². The maximum atomic E-state index is 11.9. The zero-order chi connectivity index (χ0) is 14.7. The zero-order valence-corrected chi connectivity index (χ0v) is 13.1. The molecule has 2 N–H and O–H groups in total. The highest BCUT2D eigenvalue weighted by Gasteiger charge is 2.30. The summed E-state index contributed by atoms with van der Waals surface area (Å²) in [6.07, 6.45) is 0.697. The van der Waals surface area contributed by atoms with Gasteiger partial charge in [-0.2, -0.15) is 0 Å². The molecule has 0 aromatic carbocycles. The van der Waals surface area contributed by atoms with Gasteiger partial charge in [-0.3, -0.25) is 4.79 Å². The summed E-state index contributed by atoms with van der Waals surface area (Å²) in [5, 5.41) is 6.90. The highest BCUT2D eigenvalue weighted by Crippen LogP contribution is 2.33. The van der Waals surface area contributed by atoms with Crippen molar-refractivity contribution in [1.82, 2.24) is 10.3 Å². The number of hydrogen-bond acceptors (Lipinski definition) is 4. The first-order valence-corrected chi connectivity index (χ1v) is 7.48. The van der Waals surface area contributed by atoms with Crippen LogP contribution in [0.4, 0.5) is 11.6 Å². The molecular formula is C13H18Cl2N4O. The largest absolute Gasteiger partial charge is 0.369 e. The molecule has 2 heterocycles. The fourth-order valence-corrected chi connectivity index (χ4v) is 2.86. The van der Waals surface area contributed by atoms with Crippen molar-refractivity contribution in [2.24, 2.45) is 0 Å². The predicted octanol–water partition coefficient (Wildman–Crippen LogP) is 2.54. The molecule has 1 aromatic rings. The van der Waals surface area contributed by atoms with E-state index in [1.807, 2.05) is 18.7 Å². The molecule has 0 spiro atoms. The average Bonchev–Trinajstić information content (AvgIpc) is 2.42. The summed E-state index contributed by atoms with van der Waals surface area (Å²) in [5.74, 6) is 1.21. The third-order valence-electron chi connectivity index (χ3n) is 3.24. The van der Waals surface area contributed by atoms with Crippen LogP contribution in [0.15, 0.2) is 6.07 Å². The molecule has 110 valence electrons. The lowest BCUT2D eigenvalue weighted by atomic mass is 10.1. The molecule has 1 amide bonds. The Kier molecular flexibility index (Phi) is 4.94. The Bertz CT molecular complexity index is 509. The number of rotatable bonds is 4. The summed E-state index contributed by atoms with van der Waals surface area (Å²) in [6, 6.07) is 1.42. The first kappa shape index (κ1) is 15.2. The fourth-order valence-electron chi connectivity index (χ4n) is 2.32. The molecule has 1 unspecified atom stereocenters. The minimum Gasteiger partial charge on any atom is -0.369 e. The molecule has 1 atom stereocenters. The number of carbonyl (C=O) groups is 1. The van der Waals surface area contributed by atoms with E-state index in [9.17, 15) is 4.79 Å². The molecule has 1 aromatic heterocycles. The Balaban J connectivity index is 2.39. The van der Waals surface area contributed by atoms with Crippen LogP contribution < -0.4 is 15.5 Å². The van der Waals surface area contributed by atoms with Gasteiger partial charge in [0.2, 0.25) is 5.91 Å². The average molecular weight is 317 g/mol. The Morgan fingerprint density at radius 1 is 1.45 bits per heavy atom. The van der Waals surface area contributed by atoms with E-state index in [0.29, 0.717) is 47.7 Å². The highest BCUT2D eigenvalue weighted by molar-refractivity contribution is 6.37. The monoisotopic (exact) mass is 316 g/mol. The van der Waals surface area contributed by atoms with Crippen LogP contribution in [0.2, 0.25) is 10.0 Å². The molecule has 0 bridgehead atoms. The smallest absolute Gasteiger partial charge is 0.242 e. The quantitative estimate of drug-likeness (QED) is 0.896. The normalized spacial score (nSPS) is 18.9. The number of carbonyl (C=O) groups excluding carboxylic acids is 1. The second kappa shape index (κ2) is 6.50. The summed E-state index contributed by atoms with van der Waals surface area (Å²) in [6.45, 7) is 5.93. The van der Waals surface area contributed by atoms with Gasteiger partial charge in [0, 0.05) is 19.6 Å². The lowest BCUT2D eigenvalue weighted by Gasteiger charge is -2.36. The van der Waals surface area contributed by atoms with Gasteiger partial charge in [0.05, 0.1) is 10.0 Å². The summed E-state index contributed by atoms with van der Waals surface area (Å²) >= 11 is 12.4. The van der Waals surface area contributed by atoms with E-state index >= 15 is 0 Å². The molecular weight excluding hydrogens is 299 g/mol. The van der Waals surface area contributed by atoms with Crippen LogP contribution in [-0.4, -0.2) is 36.6 Å². The van der Waals surface area contributed by atoms with E-state index in [1.165, 1.54) is 0 Å². The first-order valence-electron chi connectivity index (χ1n) is 6.72. The minimum absolute atomic E-state index is 0.0107. The molecule has 5 nitrogen and oxygen atoms in total. The van der Waals surface area contributed by atoms with Crippen molar-refractivity contribution in [3.63, 3.8) is 0 Å². The van der Waals surface area contributed by atoms with Gasteiger partial charge in [-0.25, -0.2) is 4.98 Å². The lowest BCUT2D eigenvalue weighted by Crippen LogP contribution is -2.55. The van der Waals surface area contributed by atoms with Crippen molar-refractivity contribution in [2.75, 3.05) is 29.9 Å². The number of piperazine rings is 1. The second-order valence-electron chi connectivity index (χ2n) is 4.56. The molecule has 1 aliphatic heterocycles. The van der Waals surface area contributed by atoms with Gasteiger partial charge in [-0.1, -0.05) is 30.1 Å². The predicted molar refractivity (Wildman–Crippen MR) is 82.9 cm³/mol. The van der Waals surface area contributed by atoms with Gasteiger partial charge in [0.1, 0.15) is 11.9 Å². The van der Waals surface area contributed by atoms with E-state index in [-0.39, 0.29) is 11.9 Å². The molecule has 1 fully saturated rings. The van der Waals surface area contributed by atoms with E-state index in [4.69, 9.17) is 23.2 Å². The lowest BCUT2D eigenvalue weighted by molar-refractivity contribution is -0.123. The standard InChI is InChI=1S/C13H18Cl2N4O/c1-3-10-13(20)17-5-6-19(10)12-9(15)7-8(14)11(18-12)16-4-2/h7,10H,3-6H2,1-2H3,(H,16,18)(H,17,20). The van der Waals surface area contributed by atoms with Crippen LogP contribution in [0.25, 0.3) is 0 Å². The number of nitrogens with zero attached hydrogens (tertiary/aromatic N) is 2. The van der Waals surface area contributed by atoms with Crippen molar-refractivity contribution in [3.05, 3.63) is 16.1 Å². The fraction of sp³-hybridized carbons (Fsp3) is 0.538. The summed E-state index contributed by atoms with van der Waals surface area (Å²) in [4.78, 5) is 18.4. The molecule has 1 aliphatic rings. The van der Waals surface area contributed by atoms with Gasteiger partial charge in [0.15, 0.2) is 5.82 Å². The van der Waals surface area contributed by atoms with Gasteiger partial charge in [0.25, 0.3) is 0 Å². The van der Waals surface area contributed by atoms with Crippen LogP contribution in [0.5, 0.6) is 0 Å². The molecule has 0 radical (unpaired) electrons. The number of nitrogens with one attached hydrogen (secondary N) is 2. The van der Waals surface area contributed by atoms with Crippen LogP contribution in [0.1, 0.15) is 20.3 Å². The Labute approximate surface area is 128 Å². The molecule has 0 aliphatic carbocycles. The summed E-state index contributed by atoms with van der Waals surface area (Å²) in [5.41, 5.74) is 0. The Morgan fingerprint density at radius 2 is 2.20 bits per heavy atom. The van der Waals surface area contributed by atoms with Gasteiger partial charge < -0.3 is 15.5 Å². The van der Waals surface area contributed by atoms with E-state index < -0.39 is 0 Å².